The highest BCUT2D eigenvalue weighted by Crippen LogP contribution is 2.23. The van der Waals surface area contributed by atoms with Crippen LogP contribution in [0.15, 0.2) is 0 Å². The molecule has 0 unspecified atom stereocenters. The Kier molecular flexibility index (Phi) is 2.94. The van der Waals surface area contributed by atoms with Gasteiger partial charge in [0.25, 0.3) is 0 Å². The molecule has 1 heterocycles. The van der Waals surface area contributed by atoms with Crippen molar-refractivity contribution < 1.29 is 4.48 Å². The molecule has 2 atom stereocenters. The fraction of sp³-hybridized carbons (Fsp3) is 1.00. The van der Waals surface area contributed by atoms with E-state index in [-0.39, 0.29) is 0 Å². The molecule has 1 aliphatic heterocycles. The predicted octanol–water partition coefficient (Wildman–Crippen LogP) is 2.42. The van der Waals surface area contributed by atoms with Gasteiger partial charge in [0.15, 0.2) is 0 Å². The van der Waals surface area contributed by atoms with Gasteiger partial charge in [-0.1, -0.05) is 6.92 Å². The summed E-state index contributed by atoms with van der Waals surface area (Å²) in [6, 6.07) is 0.906. The Morgan fingerprint density at radius 2 is 2.09 bits per heavy atom. The monoisotopic (exact) mass is 156 g/mol. The lowest BCUT2D eigenvalue weighted by atomic mass is 10.0. The first-order valence-electron chi connectivity index (χ1n) is 5.03. The third-order valence-electron chi connectivity index (χ3n) is 3.34. The van der Waals surface area contributed by atoms with E-state index < -0.39 is 0 Å². The highest BCUT2D eigenvalue weighted by molar-refractivity contribution is 4.60. The van der Waals surface area contributed by atoms with Gasteiger partial charge in [-0.3, -0.25) is 0 Å². The van der Waals surface area contributed by atoms with Gasteiger partial charge in [0.1, 0.15) is 0 Å². The summed E-state index contributed by atoms with van der Waals surface area (Å²) in [4.78, 5) is 0. The maximum Gasteiger partial charge on any atom is 0.0859 e. The zero-order valence-electron chi connectivity index (χ0n) is 8.27. The Labute approximate surface area is 71.0 Å². The van der Waals surface area contributed by atoms with Crippen LogP contribution in [-0.2, 0) is 0 Å². The van der Waals surface area contributed by atoms with Gasteiger partial charge in [-0.15, -0.1) is 0 Å². The van der Waals surface area contributed by atoms with E-state index in [9.17, 15) is 0 Å². The fourth-order valence-electron chi connectivity index (χ4n) is 2.29. The summed E-state index contributed by atoms with van der Waals surface area (Å²) in [5.74, 6) is 0. The summed E-state index contributed by atoms with van der Waals surface area (Å²) < 4.78 is 1.33. The molecule has 1 aliphatic rings. The van der Waals surface area contributed by atoms with Gasteiger partial charge in [-0.05, 0) is 32.6 Å². The van der Waals surface area contributed by atoms with Crippen LogP contribution in [0.1, 0.15) is 39.5 Å². The molecule has 0 amide bonds. The lowest BCUT2D eigenvalue weighted by Gasteiger charge is -2.43. The van der Waals surface area contributed by atoms with Crippen molar-refractivity contribution in [3.63, 3.8) is 0 Å². The first kappa shape index (κ1) is 9.05. The molecule has 0 aromatic carbocycles. The molecular weight excluding hydrogens is 134 g/mol. The molecular formula is C10H22N+. The maximum atomic E-state index is 2.42. The topological polar surface area (TPSA) is 0 Å². The number of piperidine rings is 1. The summed E-state index contributed by atoms with van der Waals surface area (Å²) in [6.07, 6.45) is 5.68. The van der Waals surface area contributed by atoms with Crippen molar-refractivity contribution in [2.75, 3.05) is 20.1 Å². The molecule has 1 fully saturated rings. The number of quaternary nitrogens is 1. The summed E-state index contributed by atoms with van der Waals surface area (Å²) in [5.41, 5.74) is 0. The average Bonchev–Trinajstić information content (AvgIpc) is 1.96. The minimum Gasteiger partial charge on any atom is -0.324 e. The zero-order chi connectivity index (χ0) is 8.32. The molecule has 0 aromatic heterocycles. The Morgan fingerprint density at radius 1 is 1.36 bits per heavy atom. The maximum absolute atomic E-state index is 2.42. The van der Waals surface area contributed by atoms with Crippen LogP contribution < -0.4 is 0 Å². The van der Waals surface area contributed by atoms with E-state index in [0.717, 1.165) is 6.04 Å². The van der Waals surface area contributed by atoms with Crippen molar-refractivity contribution in [3.05, 3.63) is 0 Å². The molecule has 0 aliphatic carbocycles. The Morgan fingerprint density at radius 3 is 2.64 bits per heavy atom. The summed E-state index contributed by atoms with van der Waals surface area (Å²) in [7, 11) is 2.42. The zero-order valence-corrected chi connectivity index (χ0v) is 8.27. The quantitative estimate of drug-likeness (QED) is 0.539. The van der Waals surface area contributed by atoms with Crippen LogP contribution in [0.2, 0.25) is 0 Å². The van der Waals surface area contributed by atoms with Gasteiger partial charge in [0, 0.05) is 0 Å². The van der Waals surface area contributed by atoms with Crippen LogP contribution in [0.4, 0.5) is 0 Å². The van der Waals surface area contributed by atoms with Gasteiger partial charge in [-0.2, -0.15) is 0 Å². The molecule has 1 heteroatoms. The van der Waals surface area contributed by atoms with Crippen molar-refractivity contribution >= 4 is 0 Å². The van der Waals surface area contributed by atoms with Crippen LogP contribution in [0, 0.1) is 0 Å². The van der Waals surface area contributed by atoms with Crippen LogP contribution in [0.25, 0.3) is 0 Å². The molecule has 1 saturated heterocycles. The molecule has 0 aromatic rings. The Hall–Kier alpha value is -0.0400. The van der Waals surface area contributed by atoms with E-state index >= 15 is 0 Å². The first-order valence-corrected chi connectivity index (χ1v) is 5.03. The third-order valence-corrected chi connectivity index (χ3v) is 3.34. The molecule has 1 nitrogen and oxygen atoms in total. The second-order valence-corrected chi connectivity index (χ2v) is 4.27. The standard InChI is InChI=1S/C10H22N/c1-4-8-11(3)9-6-5-7-10(11)2/h10H,4-9H2,1-3H3/q+1/t10-,11+/m1/s1. The van der Waals surface area contributed by atoms with Crippen molar-refractivity contribution in [1.82, 2.24) is 0 Å². The number of likely N-dealkylation sites (tertiary alicyclic amines) is 1. The van der Waals surface area contributed by atoms with Gasteiger partial charge in [-0.25, -0.2) is 0 Å². The molecule has 66 valence electrons. The number of hydrogen-bond acceptors (Lipinski definition) is 0. The second-order valence-electron chi connectivity index (χ2n) is 4.27. The summed E-state index contributed by atoms with van der Waals surface area (Å²) in [6.45, 7) is 7.50. The molecule has 0 bridgehead atoms. The van der Waals surface area contributed by atoms with Crippen LogP contribution in [0.3, 0.4) is 0 Å². The van der Waals surface area contributed by atoms with E-state index in [1.165, 1.54) is 43.3 Å². The van der Waals surface area contributed by atoms with Crippen LogP contribution in [0.5, 0.6) is 0 Å². The van der Waals surface area contributed by atoms with E-state index in [1.54, 1.807) is 0 Å². The van der Waals surface area contributed by atoms with Crippen LogP contribution >= 0.6 is 0 Å². The highest BCUT2D eigenvalue weighted by atomic mass is 15.4. The number of rotatable bonds is 2. The second kappa shape index (κ2) is 3.57. The molecule has 11 heavy (non-hydrogen) atoms. The van der Waals surface area contributed by atoms with E-state index in [4.69, 9.17) is 0 Å². The first-order chi connectivity index (χ1) is 5.19. The van der Waals surface area contributed by atoms with Crippen molar-refractivity contribution in [2.45, 2.75) is 45.6 Å². The third kappa shape index (κ3) is 1.96. The lowest BCUT2D eigenvalue weighted by molar-refractivity contribution is -0.936. The highest BCUT2D eigenvalue weighted by Gasteiger charge is 2.30. The van der Waals surface area contributed by atoms with Gasteiger partial charge < -0.3 is 4.48 Å². The summed E-state index contributed by atoms with van der Waals surface area (Å²) >= 11 is 0. The molecule has 0 N–H and O–H groups in total. The SMILES string of the molecule is CCC[N@@+]1(C)CCCC[C@H]1C. The number of nitrogens with zero attached hydrogens (tertiary/aromatic N) is 1. The van der Waals surface area contributed by atoms with Crippen molar-refractivity contribution in [2.24, 2.45) is 0 Å². The Bertz CT molecular complexity index is 118. The number of hydrogen-bond donors (Lipinski definition) is 0. The molecule has 0 saturated carbocycles. The van der Waals surface area contributed by atoms with E-state index in [1.807, 2.05) is 0 Å². The summed E-state index contributed by atoms with van der Waals surface area (Å²) in [5, 5.41) is 0. The normalized spacial score (nSPS) is 39.0. The van der Waals surface area contributed by atoms with Gasteiger partial charge >= 0.3 is 0 Å². The fourth-order valence-corrected chi connectivity index (χ4v) is 2.29. The molecule has 0 spiro atoms. The van der Waals surface area contributed by atoms with Gasteiger partial charge in [0.2, 0.25) is 0 Å². The largest absolute Gasteiger partial charge is 0.324 e. The Balaban J connectivity index is 2.49. The van der Waals surface area contributed by atoms with Crippen LogP contribution in [-0.4, -0.2) is 30.7 Å². The average molecular weight is 156 g/mol. The van der Waals surface area contributed by atoms with Gasteiger partial charge in [0.05, 0.1) is 26.2 Å². The van der Waals surface area contributed by atoms with E-state index in [2.05, 4.69) is 20.9 Å². The molecule has 0 radical (unpaired) electrons. The lowest BCUT2D eigenvalue weighted by Crippen LogP contribution is -2.54. The van der Waals surface area contributed by atoms with Crippen molar-refractivity contribution in [3.8, 4) is 0 Å². The molecule has 1 rings (SSSR count). The van der Waals surface area contributed by atoms with E-state index in [0.29, 0.717) is 0 Å². The predicted molar refractivity (Wildman–Crippen MR) is 49.5 cm³/mol. The van der Waals surface area contributed by atoms with Crippen molar-refractivity contribution in [1.29, 1.82) is 0 Å². The minimum absolute atomic E-state index is 0.906. The smallest absolute Gasteiger partial charge is 0.0859 e. The minimum atomic E-state index is 0.906.